The largest absolute Gasteiger partial charge is 0.366 e. The van der Waals surface area contributed by atoms with Gasteiger partial charge in [0.1, 0.15) is 5.78 Å². The van der Waals surface area contributed by atoms with Crippen molar-refractivity contribution in [2.75, 3.05) is 0 Å². The molecule has 1 aromatic rings. The Morgan fingerprint density at radius 1 is 1.32 bits per heavy atom. The standard InChI is InChI=1S/C19H25NO2/c1-12-4-3-9-19(11-15(21)7-8-16(12)19)17-10-14(18(20)22)6-5-13(17)2/h5-6,10,12,16H,3-4,7-9,11H2,1-2H3,(H2,20,22)/t12-,16?,19-/m0/s1. The van der Waals surface area contributed by atoms with E-state index in [2.05, 4.69) is 13.8 Å². The van der Waals surface area contributed by atoms with Crippen molar-refractivity contribution in [3.63, 3.8) is 0 Å². The van der Waals surface area contributed by atoms with Crippen molar-refractivity contribution in [1.82, 2.24) is 0 Å². The average Bonchev–Trinajstić information content (AvgIpc) is 2.47. The number of carbonyl (C=O) groups excluding carboxylic acids is 2. The van der Waals surface area contributed by atoms with Gasteiger partial charge in [0.15, 0.2) is 0 Å². The molecule has 0 radical (unpaired) electrons. The van der Waals surface area contributed by atoms with Crippen molar-refractivity contribution in [3.8, 4) is 0 Å². The fourth-order valence-electron chi connectivity index (χ4n) is 4.95. The molecule has 2 fully saturated rings. The van der Waals surface area contributed by atoms with Crippen LogP contribution >= 0.6 is 0 Å². The van der Waals surface area contributed by atoms with Crippen LogP contribution in [0.15, 0.2) is 18.2 Å². The van der Waals surface area contributed by atoms with Gasteiger partial charge in [-0.1, -0.05) is 25.8 Å². The molecule has 0 aliphatic heterocycles. The highest BCUT2D eigenvalue weighted by Crippen LogP contribution is 2.54. The summed E-state index contributed by atoms with van der Waals surface area (Å²) in [4.78, 5) is 23.8. The Bertz CT molecular complexity index is 622. The van der Waals surface area contributed by atoms with Gasteiger partial charge in [-0.2, -0.15) is 0 Å². The molecule has 2 N–H and O–H groups in total. The van der Waals surface area contributed by atoms with Gasteiger partial charge in [-0.3, -0.25) is 9.59 Å². The van der Waals surface area contributed by atoms with Crippen molar-refractivity contribution in [3.05, 3.63) is 34.9 Å². The Labute approximate surface area is 132 Å². The summed E-state index contributed by atoms with van der Waals surface area (Å²) >= 11 is 0. The van der Waals surface area contributed by atoms with E-state index in [0.717, 1.165) is 19.3 Å². The van der Waals surface area contributed by atoms with Crippen molar-refractivity contribution < 1.29 is 9.59 Å². The lowest BCUT2D eigenvalue weighted by Crippen LogP contribution is -2.47. The number of amides is 1. The maximum absolute atomic E-state index is 12.2. The van der Waals surface area contributed by atoms with E-state index in [9.17, 15) is 9.59 Å². The third-order valence-electron chi connectivity index (χ3n) is 5.98. The summed E-state index contributed by atoms with van der Waals surface area (Å²) < 4.78 is 0. The smallest absolute Gasteiger partial charge is 0.248 e. The lowest BCUT2D eigenvalue weighted by Gasteiger charge is -2.51. The summed E-state index contributed by atoms with van der Waals surface area (Å²) in [5.41, 5.74) is 8.32. The number of Topliss-reactive ketones (excluding diaryl/α,β-unsaturated/α-hetero) is 1. The molecule has 1 amide bonds. The number of nitrogens with two attached hydrogens (primary N) is 1. The van der Waals surface area contributed by atoms with Gasteiger partial charge in [-0.05, 0) is 54.9 Å². The van der Waals surface area contributed by atoms with Gasteiger partial charge in [0.05, 0.1) is 0 Å². The second-order valence-electron chi connectivity index (χ2n) is 7.28. The van der Waals surface area contributed by atoms with E-state index in [-0.39, 0.29) is 11.3 Å². The Morgan fingerprint density at radius 3 is 2.82 bits per heavy atom. The minimum absolute atomic E-state index is 0.0808. The summed E-state index contributed by atoms with van der Waals surface area (Å²) in [5.74, 6) is 1.16. The predicted molar refractivity (Wildman–Crippen MR) is 86.7 cm³/mol. The Balaban J connectivity index is 2.14. The van der Waals surface area contributed by atoms with Crippen molar-refractivity contribution in [2.24, 2.45) is 17.6 Å². The number of hydrogen-bond acceptors (Lipinski definition) is 2. The van der Waals surface area contributed by atoms with Gasteiger partial charge >= 0.3 is 0 Å². The number of fused-ring (bicyclic) bond motifs is 1. The SMILES string of the molecule is Cc1ccc(C(N)=O)cc1[C@]12CCC[C@H](C)C1CCC(=O)C2. The second kappa shape index (κ2) is 5.53. The van der Waals surface area contributed by atoms with Crippen LogP contribution in [0.2, 0.25) is 0 Å². The summed E-state index contributed by atoms with van der Waals surface area (Å²) in [6, 6.07) is 5.74. The Hall–Kier alpha value is -1.64. The minimum atomic E-state index is -0.389. The maximum atomic E-state index is 12.2. The first-order valence-electron chi connectivity index (χ1n) is 8.37. The molecule has 3 rings (SSSR count). The van der Waals surface area contributed by atoms with E-state index < -0.39 is 0 Å². The fourth-order valence-corrected chi connectivity index (χ4v) is 4.95. The number of primary amides is 1. The topological polar surface area (TPSA) is 60.2 Å². The Morgan fingerprint density at radius 2 is 2.09 bits per heavy atom. The maximum Gasteiger partial charge on any atom is 0.248 e. The molecule has 0 heterocycles. The first-order valence-corrected chi connectivity index (χ1v) is 8.37. The minimum Gasteiger partial charge on any atom is -0.366 e. The quantitative estimate of drug-likeness (QED) is 0.908. The number of ketones is 1. The lowest BCUT2D eigenvalue weighted by atomic mass is 9.53. The summed E-state index contributed by atoms with van der Waals surface area (Å²) in [7, 11) is 0. The first-order chi connectivity index (χ1) is 10.4. The molecule has 22 heavy (non-hydrogen) atoms. The normalized spacial score (nSPS) is 31.6. The molecule has 2 aliphatic rings. The van der Waals surface area contributed by atoms with Crippen LogP contribution in [0.1, 0.15) is 66.9 Å². The molecule has 0 aromatic heterocycles. The van der Waals surface area contributed by atoms with Crippen molar-refractivity contribution in [2.45, 2.75) is 57.8 Å². The van der Waals surface area contributed by atoms with Crippen LogP contribution in [-0.2, 0) is 10.2 Å². The van der Waals surface area contributed by atoms with Gasteiger partial charge in [-0.15, -0.1) is 0 Å². The van der Waals surface area contributed by atoms with E-state index in [1.54, 1.807) is 6.07 Å². The molecular weight excluding hydrogens is 274 g/mol. The highest BCUT2D eigenvalue weighted by Gasteiger charge is 2.49. The number of aryl methyl sites for hydroxylation is 1. The van der Waals surface area contributed by atoms with Crippen LogP contribution in [0.4, 0.5) is 0 Å². The highest BCUT2D eigenvalue weighted by molar-refractivity contribution is 5.93. The molecule has 2 aliphatic carbocycles. The number of benzene rings is 1. The third-order valence-corrected chi connectivity index (χ3v) is 5.98. The van der Waals surface area contributed by atoms with Gasteiger partial charge in [0.25, 0.3) is 0 Å². The van der Waals surface area contributed by atoms with E-state index in [4.69, 9.17) is 5.73 Å². The monoisotopic (exact) mass is 299 g/mol. The van der Waals surface area contributed by atoms with Crippen LogP contribution in [0.25, 0.3) is 0 Å². The van der Waals surface area contributed by atoms with Crippen LogP contribution < -0.4 is 5.73 Å². The molecule has 1 aromatic carbocycles. The molecule has 1 unspecified atom stereocenters. The second-order valence-corrected chi connectivity index (χ2v) is 7.28. The predicted octanol–water partition coefficient (Wildman–Crippen LogP) is 3.52. The van der Waals surface area contributed by atoms with E-state index >= 15 is 0 Å². The van der Waals surface area contributed by atoms with E-state index in [0.29, 0.717) is 36.0 Å². The highest BCUT2D eigenvalue weighted by atomic mass is 16.1. The summed E-state index contributed by atoms with van der Waals surface area (Å²) in [6.07, 6.45) is 5.79. The molecule has 118 valence electrons. The molecular formula is C19H25NO2. The molecule has 0 spiro atoms. The molecule has 3 nitrogen and oxygen atoms in total. The van der Waals surface area contributed by atoms with E-state index in [1.807, 2.05) is 12.1 Å². The fraction of sp³-hybridized carbons (Fsp3) is 0.579. The third kappa shape index (κ3) is 2.37. The van der Waals surface area contributed by atoms with Gasteiger partial charge < -0.3 is 5.73 Å². The van der Waals surface area contributed by atoms with Gasteiger partial charge in [-0.25, -0.2) is 0 Å². The van der Waals surface area contributed by atoms with Gasteiger partial charge in [0, 0.05) is 23.8 Å². The molecule has 3 heteroatoms. The number of carbonyl (C=O) groups is 2. The molecule has 2 saturated carbocycles. The zero-order valence-electron chi connectivity index (χ0n) is 13.5. The van der Waals surface area contributed by atoms with Gasteiger partial charge in [0.2, 0.25) is 5.91 Å². The first kappa shape index (κ1) is 15.3. The molecule has 3 atom stereocenters. The van der Waals surface area contributed by atoms with Crippen LogP contribution in [0, 0.1) is 18.8 Å². The number of hydrogen-bond donors (Lipinski definition) is 1. The van der Waals surface area contributed by atoms with Crippen LogP contribution in [0.5, 0.6) is 0 Å². The Kier molecular flexibility index (Phi) is 3.84. The zero-order valence-corrected chi connectivity index (χ0v) is 13.5. The molecule has 0 saturated heterocycles. The lowest BCUT2D eigenvalue weighted by molar-refractivity contribution is -0.125. The number of rotatable bonds is 2. The summed E-state index contributed by atoms with van der Waals surface area (Å²) in [5, 5.41) is 0. The van der Waals surface area contributed by atoms with Crippen LogP contribution in [0.3, 0.4) is 0 Å². The van der Waals surface area contributed by atoms with E-state index in [1.165, 1.54) is 17.5 Å². The summed E-state index contributed by atoms with van der Waals surface area (Å²) in [6.45, 7) is 4.41. The van der Waals surface area contributed by atoms with Crippen LogP contribution in [-0.4, -0.2) is 11.7 Å². The molecule has 0 bridgehead atoms. The average molecular weight is 299 g/mol. The van der Waals surface area contributed by atoms with Crippen molar-refractivity contribution >= 4 is 11.7 Å². The zero-order chi connectivity index (χ0) is 15.9. The van der Waals surface area contributed by atoms with Crippen molar-refractivity contribution in [1.29, 1.82) is 0 Å².